The molecule has 1 fully saturated rings. The van der Waals surface area contributed by atoms with Gasteiger partial charge in [-0.15, -0.1) is 0 Å². The van der Waals surface area contributed by atoms with E-state index in [4.69, 9.17) is 10.5 Å². The number of hydrogen-bond acceptors (Lipinski definition) is 3. The highest BCUT2D eigenvalue weighted by Crippen LogP contribution is 2.27. The maximum atomic E-state index is 5.98. The number of nitrogens with one attached hydrogen (secondary N) is 1. The van der Waals surface area contributed by atoms with E-state index in [1.807, 2.05) is 0 Å². The van der Waals surface area contributed by atoms with Crippen LogP contribution in [-0.2, 0) is 11.3 Å². The van der Waals surface area contributed by atoms with Crippen molar-refractivity contribution in [3.8, 4) is 0 Å². The second kappa shape index (κ2) is 7.04. The molecular formula is C16H26N2O. The zero-order valence-electron chi connectivity index (χ0n) is 12.1. The number of ether oxygens (including phenoxy) is 1. The van der Waals surface area contributed by atoms with Crippen LogP contribution < -0.4 is 11.1 Å². The molecule has 106 valence electrons. The fourth-order valence-corrected chi connectivity index (χ4v) is 3.09. The summed E-state index contributed by atoms with van der Waals surface area (Å²) in [5, 5.41) is 3.73. The van der Waals surface area contributed by atoms with Crippen molar-refractivity contribution in [2.24, 2.45) is 11.7 Å². The van der Waals surface area contributed by atoms with Crippen LogP contribution in [-0.4, -0.2) is 19.7 Å². The van der Waals surface area contributed by atoms with Crippen molar-refractivity contribution in [2.75, 3.05) is 13.7 Å². The topological polar surface area (TPSA) is 47.3 Å². The van der Waals surface area contributed by atoms with Gasteiger partial charge in [-0.1, -0.05) is 31.2 Å². The summed E-state index contributed by atoms with van der Waals surface area (Å²) < 4.78 is 5.28. The van der Waals surface area contributed by atoms with Crippen molar-refractivity contribution >= 4 is 0 Å². The van der Waals surface area contributed by atoms with Crippen LogP contribution >= 0.6 is 0 Å². The van der Waals surface area contributed by atoms with Crippen LogP contribution in [0.2, 0.25) is 0 Å². The highest BCUT2D eigenvalue weighted by Gasteiger charge is 2.24. The zero-order chi connectivity index (χ0) is 13.7. The Labute approximate surface area is 116 Å². The first-order valence-electron chi connectivity index (χ1n) is 7.27. The number of hydrogen-bond donors (Lipinski definition) is 2. The van der Waals surface area contributed by atoms with Gasteiger partial charge in [-0.05, 0) is 36.3 Å². The minimum absolute atomic E-state index is 0.238. The van der Waals surface area contributed by atoms with Gasteiger partial charge in [0.05, 0.1) is 6.61 Å². The van der Waals surface area contributed by atoms with Crippen LogP contribution in [0.4, 0.5) is 0 Å². The lowest BCUT2D eigenvalue weighted by Gasteiger charge is -2.24. The molecule has 0 amide bonds. The van der Waals surface area contributed by atoms with E-state index >= 15 is 0 Å². The molecule has 1 aromatic carbocycles. The molecule has 3 nitrogen and oxygen atoms in total. The third-order valence-electron chi connectivity index (χ3n) is 4.10. The molecule has 3 unspecified atom stereocenters. The first-order chi connectivity index (χ1) is 9.24. The fourth-order valence-electron chi connectivity index (χ4n) is 3.09. The lowest BCUT2D eigenvalue weighted by atomic mass is 9.99. The highest BCUT2D eigenvalue weighted by atomic mass is 16.5. The minimum atomic E-state index is 0.238. The van der Waals surface area contributed by atoms with Gasteiger partial charge in [0.2, 0.25) is 0 Å². The van der Waals surface area contributed by atoms with Crippen molar-refractivity contribution in [3.63, 3.8) is 0 Å². The Morgan fingerprint density at radius 1 is 1.37 bits per heavy atom. The molecule has 3 atom stereocenters. The summed E-state index contributed by atoms with van der Waals surface area (Å²) in [7, 11) is 1.74. The third-order valence-corrected chi connectivity index (χ3v) is 4.10. The molecule has 1 aliphatic carbocycles. The van der Waals surface area contributed by atoms with Crippen LogP contribution in [0.5, 0.6) is 0 Å². The normalized spacial score (nSPS) is 24.6. The molecule has 1 aliphatic rings. The maximum absolute atomic E-state index is 5.98. The number of methoxy groups -OCH3 is 1. The quantitative estimate of drug-likeness (QED) is 0.828. The van der Waals surface area contributed by atoms with Crippen molar-refractivity contribution in [1.82, 2.24) is 5.32 Å². The molecule has 1 saturated carbocycles. The Balaban J connectivity index is 2.08. The summed E-state index contributed by atoms with van der Waals surface area (Å²) in [6.07, 6.45) is 3.86. The molecule has 0 aromatic heterocycles. The molecule has 3 heteroatoms. The number of benzene rings is 1. The number of rotatable bonds is 6. The molecule has 2 rings (SSSR count). The minimum Gasteiger partial charge on any atom is -0.380 e. The van der Waals surface area contributed by atoms with Crippen LogP contribution in [0, 0.1) is 5.92 Å². The summed E-state index contributed by atoms with van der Waals surface area (Å²) in [4.78, 5) is 0. The van der Waals surface area contributed by atoms with Crippen molar-refractivity contribution in [2.45, 2.75) is 44.9 Å². The third kappa shape index (κ3) is 3.78. The van der Waals surface area contributed by atoms with Gasteiger partial charge in [0.1, 0.15) is 0 Å². The van der Waals surface area contributed by atoms with E-state index in [1.54, 1.807) is 7.11 Å². The Bertz CT molecular complexity index is 394. The van der Waals surface area contributed by atoms with Crippen LogP contribution in [0.25, 0.3) is 0 Å². The molecule has 0 spiro atoms. The van der Waals surface area contributed by atoms with Gasteiger partial charge in [0.15, 0.2) is 0 Å². The summed E-state index contributed by atoms with van der Waals surface area (Å²) in [6, 6.07) is 9.28. The summed E-state index contributed by atoms with van der Waals surface area (Å²) >= 11 is 0. The predicted octanol–water partition coefficient (Wildman–Crippen LogP) is 2.61. The molecule has 3 N–H and O–H groups in total. The van der Waals surface area contributed by atoms with Gasteiger partial charge in [0.25, 0.3) is 0 Å². The molecule has 19 heavy (non-hydrogen) atoms. The first-order valence-corrected chi connectivity index (χ1v) is 7.27. The summed E-state index contributed by atoms with van der Waals surface area (Å²) in [6.45, 7) is 3.61. The molecule has 0 heterocycles. The predicted molar refractivity (Wildman–Crippen MR) is 78.9 cm³/mol. The van der Waals surface area contributed by atoms with Gasteiger partial charge in [0, 0.05) is 25.7 Å². The van der Waals surface area contributed by atoms with Crippen molar-refractivity contribution in [3.05, 3.63) is 35.4 Å². The molecule has 1 aromatic rings. The lowest BCUT2D eigenvalue weighted by molar-refractivity contribution is 0.183. The van der Waals surface area contributed by atoms with Crippen molar-refractivity contribution < 1.29 is 4.74 Å². The van der Waals surface area contributed by atoms with E-state index in [1.165, 1.54) is 30.4 Å². The summed E-state index contributed by atoms with van der Waals surface area (Å²) in [5.74, 6) is 0.838. The first kappa shape index (κ1) is 14.5. The Kier molecular flexibility index (Phi) is 5.37. The van der Waals surface area contributed by atoms with Gasteiger partial charge in [-0.2, -0.15) is 0 Å². The van der Waals surface area contributed by atoms with Crippen LogP contribution in [0.1, 0.15) is 43.4 Å². The SMILES string of the molecule is COCc1ccccc1C(CN)NC1CCC(C)C1. The van der Waals surface area contributed by atoms with Crippen LogP contribution in [0.3, 0.4) is 0 Å². The zero-order valence-corrected chi connectivity index (χ0v) is 12.1. The largest absolute Gasteiger partial charge is 0.380 e. The second-order valence-corrected chi connectivity index (χ2v) is 5.70. The molecule has 0 aliphatic heterocycles. The van der Waals surface area contributed by atoms with Crippen molar-refractivity contribution in [1.29, 1.82) is 0 Å². The molecule has 0 radical (unpaired) electrons. The lowest BCUT2D eigenvalue weighted by Crippen LogP contribution is -2.35. The smallest absolute Gasteiger partial charge is 0.0716 e. The van der Waals surface area contributed by atoms with E-state index in [2.05, 4.69) is 36.5 Å². The van der Waals surface area contributed by atoms with Gasteiger partial charge in [-0.3, -0.25) is 0 Å². The molecular weight excluding hydrogens is 236 g/mol. The average Bonchev–Trinajstić information content (AvgIpc) is 2.83. The van der Waals surface area contributed by atoms with Gasteiger partial charge < -0.3 is 15.8 Å². The molecule has 0 bridgehead atoms. The van der Waals surface area contributed by atoms with E-state index in [-0.39, 0.29) is 6.04 Å². The number of nitrogens with two attached hydrogens (primary N) is 1. The van der Waals surface area contributed by atoms with E-state index in [0.717, 1.165) is 5.92 Å². The van der Waals surface area contributed by atoms with E-state index < -0.39 is 0 Å². The highest BCUT2D eigenvalue weighted by molar-refractivity contribution is 5.30. The van der Waals surface area contributed by atoms with Crippen LogP contribution in [0.15, 0.2) is 24.3 Å². The summed E-state index contributed by atoms with van der Waals surface area (Å²) in [5.41, 5.74) is 8.50. The average molecular weight is 262 g/mol. The Hall–Kier alpha value is -0.900. The second-order valence-electron chi connectivity index (χ2n) is 5.70. The molecule has 0 saturated heterocycles. The van der Waals surface area contributed by atoms with Gasteiger partial charge in [-0.25, -0.2) is 0 Å². The van der Waals surface area contributed by atoms with E-state index in [9.17, 15) is 0 Å². The Morgan fingerprint density at radius 3 is 2.79 bits per heavy atom. The maximum Gasteiger partial charge on any atom is 0.0716 e. The van der Waals surface area contributed by atoms with Gasteiger partial charge >= 0.3 is 0 Å². The monoisotopic (exact) mass is 262 g/mol. The standard InChI is InChI=1S/C16H26N2O/c1-12-7-8-14(9-12)18-16(10-17)15-6-4-3-5-13(15)11-19-2/h3-6,12,14,16,18H,7-11,17H2,1-2H3. The Morgan fingerprint density at radius 2 is 2.16 bits per heavy atom. The van der Waals surface area contributed by atoms with E-state index in [0.29, 0.717) is 19.2 Å². The fraction of sp³-hybridized carbons (Fsp3) is 0.625.